The molecule has 0 aliphatic carbocycles. The van der Waals surface area contributed by atoms with E-state index in [0.29, 0.717) is 44.8 Å². The van der Waals surface area contributed by atoms with Crippen LogP contribution in [0.25, 0.3) is 0 Å². The minimum Gasteiger partial charge on any atom is -0.339 e. The number of hydrogen-bond donors (Lipinski definition) is 0. The van der Waals surface area contributed by atoms with Crippen molar-refractivity contribution in [2.75, 3.05) is 26.2 Å². The summed E-state index contributed by atoms with van der Waals surface area (Å²) >= 11 is 0. The lowest BCUT2D eigenvalue weighted by molar-refractivity contribution is -0.131. The summed E-state index contributed by atoms with van der Waals surface area (Å²) in [6.07, 6.45) is 2.07. The molecule has 1 aliphatic heterocycles. The van der Waals surface area contributed by atoms with Crippen molar-refractivity contribution >= 4 is 11.8 Å². The number of rotatable bonds is 5. The molecule has 4 rings (SSSR count). The molecule has 0 radical (unpaired) electrons. The summed E-state index contributed by atoms with van der Waals surface area (Å²) in [5.74, 6) is -0.0448. The van der Waals surface area contributed by atoms with Gasteiger partial charge in [0.1, 0.15) is 0 Å². The lowest BCUT2D eigenvalue weighted by Crippen LogP contribution is -2.51. The third-order valence-electron chi connectivity index (χ3n) is 5.06. The molecule has 148 valence electrons. The van der Waals surface area contributed by atoms with E-state index >= 15 is 0 Å². The molecule has 1 aromatic heterocycles. The van der Waals surface area contributed by atoms with Gasteiger partial charge >= 0.3 is 0 Å². The zero-order chi connectivity index (χ0) is 20.1. The van der Waals surface area contributed by atoms with Gasteiger partial charge in [-0.05, 0) is 11.1 Å². The topological polar surface area (TPSA) is 71.3 Å². The summed E-state index contributed by atoms with van der Waals surface area (Å²) in [6, 6.07) is 19.6. The number of aromatic nitrogens is 3. The van der Waals surface area contributed by atoms with E-state index in [0.717, 1.165) is 11.1 Å². The van der Waals surface area contributed by atoms with Crippen LogP contribution in [0.3, 0.4) is 0 Å². The second-order valence-electron chi connectivity index (χ2n) is 7.12. The van der Waals surface area contributed by atoms with Crippen molar-refractivity contribution in [3.8, 4) is 0 Å². The monoisotopic (exact) mass is 389 g/mol. The summed E-state index contributed by atoms with van der Waals surface area (Å²) < 4.78 is 1.67. The number of benzene rings is 2. The quantitative estimate of drug-likeness (QED) is 0.668. The Morgan fingerprint density at radius 2 is 1.38 bits per heavy atom. The fourth-order valence-electron chi connectivity index (χ4n) is 3.45. The van der Waals surface area contributed by atoms with Crippen molar-refractivity contribution in [2.45, 2.75) is 13.0 Å². The molecule has 29 heavy (non-hydrogen) atoms. The Morgan fingerprint density at radius 1 is 0.793 bits per heavy atom. The second kappa shape index (κ2) is 8.68. The Balaban J connectivity index is 1.30. The van der Waals surface area contributed by atoms with Crippen LogP contribution >= 0.6 is 0 Å². The first-order chi connectivity index (χ1) is 14.2. The molecule has 7 nitrogen and oxygen atoms in total. The normalized spacial score (nSPS) is 14.1. The fourth-order valence-corrected chi connectivity index (χ4v) is 3.45. The van der Waals surface area contributed by atoms with Crippen LogP contribution in [0.4, 0.5) is 0 Å². The van der Waals surface area contributed by atoms with Gasteiger partial charge in [0.2, 0.25) is 5.91 Å². The Hall–Kier alpha value is -3.48. The standard InChI is InChI=1S/C22H23N5O2/c28-21(15-18-7-3-1-4-8-18)25-11-13-26(14-12-25)22(29)20-17-27(24-23-20)16-19-9-5-2-6-10-19/h1-10,17H,11-16H2. The van der Waals surface area contributed by atoms with E-state index in [-0.39, 0.29) is 11.8 Å². The van der Waals surface area contributed by atoms with Crippen molar-refractivity contribution in [1.82, 2.24) is 24.8 Å². The van der Waals surface area contributed by atoms with E-state index in [1.165, 1.54) is 0 Å². The van der Waals surface area contributed by atoms with Gasteiger partial charge in [-0.2, -0.15) is 0 Å². The van der Waals surface area contributed by atoms with Gasteiger partial charge < -0.3 is 9.80 Å². The van der Waals surface area contributed by atoms with Gasteiger partial charge in [0.15, 0.2) is 5.69 Å². The largest absolute Gasteiger partial charge is 0.339 e. The molecular weight excluding hydrogens is 366 g/mol. The van der Waals surface area contributed by atoms with Gasteiger partial charge in [0.05, 0.1) is 19.2 Å². The Kier molecular flexibility index (Phi) is 5.65. The molecule has 0 saturated carbocycles. The van der Waals surface area contributed by atoms with E-state index in [9.17, 15) is 9.59 Å². The van der Waals surface area contributed by atoms with Crippen molar-refractivity contribution in [2.24, 2.45) is 0 Å². The van der Waals surface area contributed by atoms with Crippen LogP contribution in [-0.2, 0) is 17.8 Å². The molecule has 1 saturated heterocycles. The minimum absolute atomic E-state index is 0.0945. The van der Waals surface area contributed by atoms with Crippen molar-refractivity contribution in [1.29, 1.82) is 0 Å². The number of carbonyl (C=O) groups is 2. The van der Waals surface area contributed by atoms with Crippen LogP contribution in [0.2, 0.25) is 0 Å². The summed E-state index contributed by atoms with van der Waals surface area (Å²) in [4.78, 5) is 28.8. The number of hydrogen-bond acceptors (Lipinski definition) is 4. The van der Waals surface area contributed by atoms with E-state index in [4.69, 9.17) is 0 Å². The SMILES string of the molecule is O=C(Cc1ccccc1)N1CCN(C(=O)c2cn(Cc3ccccc3)nn2)CC1. The van der Waals surface area contributed by atoms with E-state index in [2.05, 4.69) is 10.3 Å². The smallest absolute Gasteiger partial charge is 0.276 e. The average molecular weight is 389 g/mol. The van der Waals surface area contributed by atoms with Crippen LogP contribution in [0.1, 0.15) is 21.6 Å². The first kappa shape index (κ1) is 18.9. The van der Waals surface area contributed by atoms with Gasteiger partial charge in [-0.15, -0.1) is 5.10 Å². The summed E-state index contributed by atoms with van der Waals surface area (Å²) in [7, 11) is 0. The Morgan fingerprint density at radius 3 is 2.03 bits per heavy atom. The zero-order valence-corrected chi connectivity index (χ0v) is 16.1. The van der Waals surface area contributed by atoms with Crippen LogP contribution in [0.15, 0.2) is 66.9 Å². The summed E-state index contributed by atoms with van der Waals surface area (Å²) in [6.45, 7) is 2.66. The van der Waals surface area contributed by atoms with Gasteiger partial charge in [-0.3, -0.25) is 9.59 Å². The predicted molar refractivity (Wildman–Crippen MR) is 108 cm³/mol. The van der Waals surface area contributed by atoms with Gasteiger partial charge in [-0.25, -0.2) is 4.68 Å². The molecule has 0 unspecified atom stereocenters. The maximum atomic E-state index is 12.7. The molecule has 0 atom stereocenters. The molecule has 1 fully saturated rings. The predicted octanol–water partition coefficient (Wildman–Crippen LogP) is 1.85. The van der Waals surface area contributed by atoms with Gasteiger partial charge in [-0.1, -0.05) is 65.9 Å². The molecule has 7 heteroatoms. The maximum absolute atomic E-state index is 12.7. The highest BCUT2D eigenvalue weighted by molar-refractivity contribution is 5.92. The van der Waals surface area contributed by atoms with Crippen LogP contribution in [0.5, 0.6) is 0 Å². The second-order valence-corrected chi connectivity index (χ2v) is 7.12. The van der Waals surface area contributed by atoms with Crippen molar-refractivity contribution < 1.29 is 9.59 Å². The molecule has 0 spiro atoms. The molecule has 1 aliphatic rings. The number of piperazine rings is 1. The zero-order valence-electron chi connectivity index (χ0n) is 16.1. The van der Waals surface area contributed by atoms with E-state index in [1.54, 1.807) is 15.8 Å². The van der Waals surface area contributed by atoms with E-state index < -0.39 is 0 Å². The summed E-state index contributed by atoms with van der Waals surface area (Å²) in [5.41, 5.74) is 2.44. The first-order valence-corrected chi connectivity index (χ1v) is 9.74. The van der Waals surface area contributed by atoms with Crippen LogP contribution < -0.4 is 0 Å². The van der Waals surface area contributed by atoms with Gasteiger partial charge in [0.25, 0.3) is 5.91 Å². The molecule has 2 amide bonds. The Bertz CT molecular complexity index is 963. The molecule has 3 aromatic rings. The highest BCUT2D eigenvalue weighted by Gasteiger charge is 2.26. The van der Waals surface area contributed by atoms with Crippen molar-refractivity contribution in [3.63, 3.8) is 0 Å². The maximum Gasteiger partial charge on any atom is 0.276 e. The average Bonchev–Trinajstić information content (AvgIpc) is 3.23. The van der Waals surface area contributed by atoms with Crippen molar-refractivity contribution in [3.05, 3.63) is 83.7 Å². The third kappa shape index (κ3) is 4.68. The molecule has 2 aromatic carbocycles. The molecular formula is C22H23N5O2. The van der Waals surface area contributed by atoms with E-state index in [1.807, 2.05) is 65.6 Å². The van der Waals surface area contributed by atoms with Gasteiger partial charge in [0, 0.05) is 26.2 Å². The number of amides is 2. The lowest BCUT2D eigenvalue weighted by atomic mass is 10.1. The summed E-state index contributed by atoms with van der Waals surface area (Å²) in [5, 5.41) is 8.11. The minimum atomic E-state index is -0.139. The number of carbonyl (C=O) groups excluding carboxylic acids is 2. The molecule has 0 N–H and O–H groups in total. The van der Waals surface area contributed by atoms with Crippen LogP contribution in [-0.4, -0.2) is 62.8 Å². The highest BCUT2D eigenvalue weighted by Crippen LogP contribution is 2.10. The van der Waals surface area contributed by atoms with Crippen LogP contribution in [0, 0.1) is 0 Å². The number of nitrogens with zero attached hydrogens (tertiary/aromatic N) is 5. The third-order valence-corrected chi connectivity index (χ3v) is 5.06. The first-order valence-electron chi connectivity index (χ1n) is 9.74. The molecule has 2 heterocycles. The molecule has 0 bridgehead atoms. The lowest BCUT2D eigenvalue weighted by Gasteiger charge is -2.34. The highest BCUT2D eigenvalue weighted by atomic mass is 16.2. The fraction of sp³-hybridized carbons (Fsp3) is 0.273. The Labute approximate surface area is 169 Å².